The molecule has 1 N–H and O–H groups in total. The van der Waals surface area contributed by atoms with E-state index in [9.17, 15) is 9.90 Å². The fraction of sp³-hybridized carbons (Fsp3) is 0.500. The Hall–Kier alpha value is -1.06. The molecule has 0 saturated heterocycles. The molecule has 0 saturated carbocycles. The van der Waals surface area contributed by atoms with Crippen LogP contribution in [0.5, 0.6) is 0 Å². The summed E-state index contributed by atoms with van der Waals surface area (Å²) < 4.78 is 4.98. The maximum Gasteiger partial charge on any atom is 0.337 e. The van der Waals surface area contributed by atoms with Crippen LogP contribution in [0.1, 0.15) is 32.3 Å². The molecule has 1 aromatic rings. The van der Waals surface area contributed by atoms with Gasteiger partial charge in [-0.1, -0.05) is 43.7 Å². The van der Waals surface area contributed by atoms with Crippen LogP contribution in [0.15, 0.2) is 30.3 Å². The molecule has 0 aliphatic carbocycles. The van der Waals surface area contributed by atoms with Gasteiger partial charge in [0, 0.05) is 0 Å². The Kier molecular flexibility index (Phi) is 5.63. The molecule has 0 heterocycles. The lowest BCUT2D eigenvalue weighted by molar-refractivity contribution is -0.155. The SMILES string of the molecule is CCCCOC(=O)[C@@H](O)[C@](C)(Cl)c1ccccc1. The van der Waals surface area contributed by atoms with Crippen molar-refractivity contribution in [3.05, 3.63) is 35.9 Å². The average molecular weight is 271 g/mol. The summed E-state index contributed by atoms with van der Waals surface area (Å²) in [7, 11) is 0. The first-order chi connectivity index (χ1) is 8.50. The monoisotopic (exact) mass is 270 g/mol. The van der Waals surface area contributed by atoms with E-state index < -0.39 is 16.9 Å². The summed E-state index contributed by atoms with van der Waals surface area (Å²) in [4.78, 5) is 10.5. The Morgan fingerprint density at radius 1 is 1.44 bits per heavy atom. The molecule has 100 valence electrons. The predicted octanol–water partition coefficient (Wildman–Crippen LogP) is 2.84. The Balaban J connectivity index is 2.70. The molecule has 0 aliphatic rings. The molecule has 0 fully saturated rings. The molecule has 0 unspecified atom stereocenters. The molecule has 1 aromatic carbocycles. The largest absolute Gasteiger partial charge is 0.464 e. The Labute approximate surface area is 113 Å². The highest BCUT2D eigenvalue weighted by Crippen LogP contribution is 2.32. The number of benzene rings is 1. The van der Waals surface area contributed by atoms with E-state index in [1.54, 1.807) is 19.1 Å². The van der Waals surface area contributed by atoms with Crippen molar-refractivity contribution >= 4 is 17.6 Å². The molecule has 0 aromatic heterocycles. The fourth-order valence-corrected chi connectivity index (χ4v) is 1.75. The van der Waals surface area contributed by atoms with Gasteiger partial charge < -0.3 is 9.84 Å². The van der Waals surface area contributed by atoms with Gasteiger partial charge in [0.2, 0.25) is 0 Å². The molecular weight excluding hydrogens is 252 g/mol. The van der Waals surface area contributed by atoms with Crippen molar-refractivity contribution in [3.8, 4) is 0 Å². The van der Waals surface area contributed by atoms with E-state index in [1.165, 1.54) is 0 Å². The molecule has 4 heteroatoms. The molecule has 0 aliphatic heterocycles. The molecule has 0 radical (unpaired) electrons. The van der Waals surface area contributed by atoms with E-state index in [4.69, 9.17) is 16.3 Å². The zero-order valence-corrected chi connectivity index (χ0v) is 11.5. The van der Waals surface area contributed by atoms with Crippen molar-refractivity contribution in [2.24, 2.45) is 0 Å². The number of aliphatic hydroxyl groups is 1. The number of ether oxygens (including phenoxy) is 1. The summed E-state index contributed by atoms with van der Waals surface area (Å²) in [5.74, 6) is -0.676. The van der Waals surface area contributed by atoms with Crippen LogP contribution in [0.2, 0.25) is 0 Å². The number of carbonyl (C=O) groups excluding carboxylic acids is 1. The van der Waals surface area contributed by atoms with Crippen LogP contribution < -0.4 is 0 Å². The third-order valence-corrected chi connectivity index (χ3v) is 3.24. The molecule has 3 nitrogen and oxygen atoms in total. The highest BCUT2D eigenvalue weighted by atomic mass is 35.5. The smallest absolute Gasteiger partial charge is 0.337 e. The molecule has 0 bridgehead atoms. The normalized spacial score (nSPS) is 15.8. The number of esters is 1. The predicted molar refractivity (Wildman–Crippen MR) is 71.5 cm³/mol. The topological polar surface area (TPSA) is 46.5 Å². The number of unbranched alkanes of at least 4 members (excludes halogenated alkanes) is 1. The van der Waals surface area contributed by atoms with E-state index in [1.807, 2.05) is 25.1 Å². The molecule has 18 heavy (non-hydrogen) atoms. The van der Waals surface area contributed by atoms with E-state index in [0.717, 1.165) is 12.8 Å². The zero-order chi connectivity index (χ0) is 13.6. The first-order valence-electron chi connectivity index (χ1n) is 6.09. The zero-order valence-electron chi connectivity index (χ0n) is 10.7. The third-order valence-electron chi connectivity index (χ3n) is 2.82. The maximum absolute atomic E-state index is 11.7. The Morgan fingerprint density at radius 3 is 2.61 bits per heavy atom. The van der Waals surface area contributed by atoms with Crippen molar-refractivity contribution in [2.45, 2.75) is 37.7 Å². The van der Waals surface area contributed by atoms with Gasteiger partial charge in [0.25, 0.3) is 0 Å². The van der Waals surface area contributed by atoms with Crippen LogP contribution in [0.3, 0.4) is 0 Å². The summed E-state index contributed by atoms with van der Waals surface area (Å²) in [6.07, 6.45) is 0.335. The van der Waals surface area contributed by atoms with Gasteiger partial charge in [0.05, 0.1) is 6.61 Å². The first-order valence-corrected chi connectivity index (χ1v) is 6.47. The van der Waals surface area contributed by atoms with Gasteiger partial charge in [0.1, 0.15) is 4.87 Å². The lowest BCUT2D eigenvalue weighted by Crippen LogP contribution is -2.39. The molecule has 0 amide bonds. The Bertz CT molecular complexity index is 376. The highest BCUT2D eigenvalue weighted by Gasteiger charge is 2.38. The van der Waals surface area contributed by atoms with Crippen molar-refractivity contribution in [1.29, 1.82) is 0 Å². The van der Waals surface area contributed by atoms with Crippen LogP contribution in [-0.4, -0.2) is 23.8 Å². The molecule has 2 atom stereocenters. The number of alkyl halides is 1. The van der Waals surface area contributed by atoms with Crippen LogP contribution in [0, 0.1) is 0 Å². The van der Waals surface area contributed by atoms with Gasteiger partial charge in [-0.05, 0) is 18.9 Å². The molecule has 0 spiro atoms. The van der Waals surface area contributed by atoms with Crippen LogP contribution in [0.4, 0.5) is 0 Å². The second-order valence-corrected chi connectivity index (χ2v) is 5.15. The van der Waals surface area contributed by atoms with Crippen molar-refractivity contribution in [1.82, 2.24) is 0 Å². The van der Waals surface area contributed by atoms with Crippen molar-refractivity contribution in [2.75, 3.05) is 6.61 Å². The average Bonchev–Trinajstić information content (AvgIpc) is 2.39. The standard InChI is InChI=1S/C14H19ClO3/c1-3-4-10-18-13(17)12(16)14(2,15)11-8-6-5-7-9-11/h5-9,12,16H,3-4,10H2,1-2H3/t12-,14-/m1/s1. The lowest BCUT2D eigenvalue weighted by Gasteiger charge is -2.27. The Morgan fingerprint density at radius 2 is 2.06 bits per heavy atom. The number of halogens is 1. The van der Waals surface area contributed by atoms with E-state index >= 15 is 0 Å². The van der Waals surface area contributed by atoms with Crippen LogP contribution >= 0.6 is 11.6 Å². The van der Waals surface area contributed by atoms with Gasteiger partial charge in [-0.15, -0.1) is 11.6 Å². The van der Waals surface area contributed by atoms with Crippen LogP contribution in [0.25, 0.3) is 0 Å². The quantitative estimate of drug-likeness (QED) is 0.491. The third kappa shape index (κ3) is 3.72. The second kappa shape index (κ2) is 6.76. The van der Waals surface area contributed by atoms with Crippen molar-refractivity contribution < 1.29 is 14.6 Å². The minimum Gasteiger partial charge on any atom is -0.464 e. The first kappa shape index (κ1) is 15.0. The summed E-state index contributed by atoms with van der Waals surface area (Å²) in [6.45, 7) is 3.92. The summed E-state index contributed by atoms with van der Waals surface area (Å²) in [5.41, 5.74) is 0.687. The minimum absolute atomic E-state index is 0.314. The highest BCUT2D eigenvalue weighted by molar-refractivity contribution is 6.25. The lowest BCUT2D eigenvalue weighted by atomic mass is 9.94. The van der Waals surface area contributed by atoms with Gasteiger partial charge in [-0.3, -0.25) is 0 Å². The van der Waals surface area contributed by atoms with Gasteiger partial charge in [-0.2, -0.15) is 0 Å². The van der Waals surface area contributed by atoms with Gasteiger partial charge >= 0.3 is 5.97 Å². The van der Waals surface area contributed by atoms with E-state index in [2.05, 4.69) is 0 Å². The number of rotatable bonds is 6. The number of hydrogen-bond acceptors (Lipinski definition) is 3. The summed E-state index contributed by atoms with van der Waals surface area (Å²) in [5, 5.41) is 9.99. The summed E-state index contributed by atoms with van der Waals surface area (Å²) >= 11 is 6.27. The molecule has 1 rings (SSSR count). The number of carbonyl (C=O) groups is 1. The molecular formula is C14H19ClO3. The second-order valence-electron chi connectivity index (χ2n) is 4.37. The minimum atomic E-state index is -1.38. The van der Waals surface area contributed by atoms with Gasteiger partial charge in [0.15, 0.2) is 6.10 Å². The van der Waals surface area contributed by atoms with Crippen LogP contribution in [-0.2, 0) is 14.4 Å². The van der Waals surface area contributed by atoms with E-state index in [0.29, 0.717) is 12.2 Å². The van der Waals surface area contributed by atoms with E-state index in [-0.39, 0.29) is 0 Å². The van der Waals surface area contributed by atoms with Gasteiger partial charge in [-0.25, -0.2) is 4.79 Å². The maximum atomic E-state index is 11.7. The van der Waals surface area contributed by atoms with Crippen molar-refractivity contribution in [3.63, 3.8) is 0 Å². The fourth-order valence-electron chi connectivity index (χ4n) is 1.54. The number of aliphatic hydroxyl groups excluding tert-OH is 1. The summed E-state index contributed by atoms with van der Waals surface area (Å²) in [6, 6.07) is 9.02. The number of hydrogen-bond donors (Lipinski definition) is 1.